The van der Waals surface area contributed by atoms with Gasteiger partial charge in [-0.25, -0.2) is 0 Å². The third-order valence-electron chi connectivity index (χ3n) is 2.52. The van der Waals surface area contributed by atoms with Gasteiger partial charge in [-0.3, -0.25) is 4.79 Å². The molecule has 1 aromatic rings. The van der Waals surface area contributed by atoms with E-state index in [2.05, 4.69) is 10.6 Å². The van der Waals surface area contributed by atoms with Gasteiger partial charge >= 0.3 is 0 Å². The summed E-state index contributed by atoms with van der Waals surface area (Å²) in [5.74, 6) is 0.590. The summed E-state index contributed by atoms with van der Waals surface area (Å²) in [6.45, 7) is 8.48. The molecule has 0 spiro atoms. The summed E-state index contributed by atoms with van der Waals surface area (Å²) < 4.78 is 5.84. The Morgan fingerprint density at radius 1 is 1.32 bits per heavy atom. The molecule has 0 radical (unpaired) electrons. The molecule has 106 valence electrons. The van der Waals surface area contributed by atoms with Gasteiger partial charge in [-0.1, -0.05) is 19.1 Å². The highest BCUT2D eigenvalue weighted by atomic mass is 16.5. The minimum Gasteiger partial charge on any atom is -0.486 e. The van der Waals surface area contributed by atoms with E-state index < -0.39 is 0 Å². The number of para-hydroxylation sites is 2. The van der Waals surface area contributed by atoms with Gasteiger partial charge < -0.3 is 15.4 Å². The highest BCUT2D eigenvalue weighted by Gasteiger charge is 2.17. The van der Waals surface area contributed by atoms with E-state index in [9.17, 15) is 4.79 Å². The Bertz CT molecular complexity index is 424. The second kappa shape index (κ2) is 6.57. The quantitative estimate of drug-likeness (QED) is 0.859. The second-order valence-corrected chi connectivity index (χ2v) is 5.66. The van der Waals surface area contributed by atoms with E-state index in [0.29, 0.717) is 18.0 Å². The molecular weight excluding hydrogens is 240 g/mol. The first-order valence-electron chi connectivity index (χ1n) is 6.57. The average molecular weight is 264 g/mol. The Labute approximate surface area is 115 Å². The van der Waals surface area contributed by atoms with Gasteiger partial charge in [0.25, 0.3) is 0 Å². The lowest BCUT2D eigenvalue weighted by molar-refractivity contribution is -0.119. The van der Waals surface area contributed by atoms with Crippen LogP contribution in [0.3, 0.4) is 0 Å². The van der Waals surface area contributed by atoms with Gasteiger partial charge in [0.2, 0.25) is 5.91 Å². The minimum atomic E-state index is -0.294. The lowest BCUT2D eigenvalue weighted by atomic mass is 10.1. The fourth-order valence-electron chi connectivity index (χ4n) is 1.64. The highest BCUT2D eigenvalue weighted by molar-refractivity contribution is 5.93. The summed E-state index contributed by atoms with van der Waals surface area (Å²) in [7, 11) is 1.83. The van der Waals surface area contributed by atoms with E-state index in [-0.39, 0.29) is 17.4 Å². The van der Waals surface area contributed by atoms with Gasteiger partial charge in [0.1, 0.15) is 11.4 Å². The lowest BCUT2D eigenvalue weighted by Crippen LogP contribution is -2.29. The van der Waals surface area contributed by atoms with Crippen LogP contribution in [0.5, 0.6) is 5.75 Å². The summed E-state index contributed by atoms with van der Waals surface area (Å²) in [6, 6.07) is 7.50. The number of anilines is 1. The zero-order valence-corrected chi connectivity index (χ0v) is 12.4. The van der Waals surface area contributed by atoms with E-state index in [1.807, 2.05) is 59.0 Å². The number of nitrogens with one attached hydrogen (secondary N) is 2. The van der Waals surface area contributed by atoms with Crippen molar-refractivity contribution in [1.29, 1.82) is 0 Å². The van der Waals surface area contributed by atoms with E-state index in [1.165, 1.54) is 0 Å². The molecule has 2 N–H and O–H groups in total. The van der Waals surface area contributed by atoms with E-state index in [4.69, 9.17) is 4.74 Å². The lowest BCUT2D eigenvalue weighted by Gasteiger charge is -2.23. The third-order valence-corrected chi connectivity index (χ3v) is 2.52. The molecule has 0 aromatic heterocycles. The Morgan fingerprint density at radius 3 is 2.53 bits per heavy atom. The molecule has 0 fully saturated rings. The number of rotatable bonds is 5. The molecule has 4 nitrogen and oxygen atoms in total. The second-order valence-electron chi connectivity index (χ2n) is 5.66. The molecule has 1 unspecified atom stereocenters. The molecule has 0 aliphatic heterocycles. The van der Waals surface area contributed by atoms with E-state index in [1.54, 1.807) is 0 Å². The zero-order valence-electron chi connectivity index (χ0n) is 12.4. The van der Waals surface area contributed by atoms with Crippen LogP contribution in [0.15, 0.2) is 24.3 Å². The standard InChI is InChI=1S/C15H24N2O2/c1-11(10-16-5)14(18)17-12-8-6-7-9-13(12)19-15(2,3)4/h6-9,11,16H,10H2,1-5H3,(H,17,18). The topological polar surface area (TPSA) is 50.4 Å². The SMILES string of the molecule is CNCC(C)C(=O)Nc1ccccc1OC(C)(C)C. The predicted molar refractivity (Wildman–Crippen MR) is 78.5 cm³/mol. The van der Waals surface area contributed by atoms with Crippen molar-refractivity contribution >= 4 is 11.6 Å². The number of hydrogen-bond acceptors (Lipinski definition) is 3. The molecule has 1 amide bonds. The summed E-state index contributed by atoms with van der Waals surface area (Å²) >= 11 is 0. The van der Waals surface area contributed by atoms with Crippen LogP contribution in [0.4, 0.5) is 5.69 Å². The van der Waals surface area contributed by atoms with Gasteiger partial charge in [-0.15, -0.1) is 0 Å². The molecule has 1 rings (SSSR count). The maximum absolute atomic E-state index is 12.0. The number of carbonyl (C=O) groups excluding carboxylic acids is 1. The molecule has 0 heterocycles. The Hall–Kier alpha value is -1.55. The maximum Gasteiger partial charge on any atom is 0.228 e. The molecule has 0 bridgehead atoms. The van der Waals surface area contributed by atoms with Crippen LogP contribution in [0.25, 0.3) is 0 Å². The van der Waals surface area contributed by atoms with Gasteiger partial charge in [0.05, 0.1) is 5.69 Å². The number of benzene rings is 1. The van der Waals surface area contributed by atoms with Gasteiger partial charge in [0.15, 0.2) is 0 Å². The maximum atomic E-state index is 12.0. The molecule has 1 atom stereocenters. The van der Waals surface area contributed by atoms with Crippen molar-refractivity contribution in [1.82, 2.24) is 5.32 Å². The Kier molecular flexibility index (Phi) is 5.36. The number of amides is 1. The van der Waals surface area contributed by atoms with Crippen molar-refractivity contribution in [2.24, 2.45) is 5.92 Å². The zero-order chi connectivity index (χ0) is 14.5. The van der Waals surface area contributed by atoms with Crippen LogP contribution in [0.1, 0.15) is 27.7 Å². The molecule has 0 aliphatic carbocycles. The Morgan fingerprint density at radius 2 is 1.95 bits per heavy atom. The molecule has 1 aromatic carbocycles. The first kappa shape index (κ1) is 15.5. The normalized spacial score (nSPS) is 12.9. The van der Waals surface area contributed by atoms with Crippen LogP contribution in [-0.4, -0.2) is 25.1 Å². The predicted octanol–water partition coefficient (Wildman–Crippen LogP) is 2.66. The smallest absolute Gasteiger partial charge is 0.228 e. The average Bonchev–Trinajstić information content (AvgIpc) is 2.30. The monoisotopic (exact) mass is 264 g/mol. The van der Waals surface area contributed by atoms with Crippen molar-refractivity contribution in [3.05, 3.63) is 24.3 Å². The molecule has 0 saturated heterocycles. The number of hydrogen-bond donors (Lipinski definition) is 2. The van der Waals surface area contributed by atoms with E-state index in [0.717, 1.165) is 0 Å². The van der Waals surface area contributed by atoms with Crippen molar-refractivity contribution in [2.45, 2.75) is 33.3 Å². The van der Waals surface area contributed by atoms with Gasteiger partial charge in [-0.05, 0) is 40.0 Å². The van der Waals surface area contributed by atoms with Crippen molar-refractivity contribution in [3.8, 4) is 5.75 Å². The summed E-state index contributed by atoms with van der Waals surface area (Å²) in [5, 5.41) is 5.91. The van der Waals surface area contributed by atoms with Crippen LogP contribution >= 0.6 is 0 Å². The number of ether oxygens (including phenoxy) is 1. The van der Waals surface area contributed by atoms with E-state index >= 15 is 0 Å². The molecule has 0 saturated carbocycles. The third kappa shape index (κ3) is 5.30. The van der Waals surface area contributed by atoms with Crippen LogP contribution in [-0.2, 0) is 4.79 Å². The minimum absolute atomic E-state index is 0.0145. The first-order valence-corrected chi connectivity index (χ1v) is 6.57. The molecule has 19 heavy (non-hydrogen) atoms. The van der Waals surface area contributed by atoms with Gasteiger partial charge in [-0.2, -0.15) is 0 Å². The van der Waals surface area contributed by atoms with Crippen molar-refractivity contribution in [2.75, 3.05) is 18.9 Å². The highest BCUT2D eigenvalue weighted by Crippen LogP contribution is 2.27. The molecule has 4 heteroatoms. The molecular formula is C15H24N2O2. The molecule has 0 aliphatic rings. The Balaban J connectivity index is 2.81. The van der Waals surface area contributed by atoms with Gasteiger partial charge in [0, 0.05) is 12.5 Å². The number of carbonyl (C=O) groups is 1. The van der Waals surface area contributed by atoms with Crippen molar-refractivity contribution in [3.63, 3.8) is 0 Å². The van der Waals surface area contributed by atoms with Crippen LogP contribution in [0.2, 0.25) is 0 Å². The van der Waals surface area contributed by atoms with Crippen molar-refractivity contribution < 1.29 is 9.53 Å². The summed E-state index contributed by atoms with van der Waals surface area (Å²) in [4.78, 5) is 12.0. The summed E-state index contributed by atoms with van der Waals surface area (Å²) in [5.41, 5.74) is 0.419. The summed E-state index contributed by atoms with van der Waals surface area (Å²) in [6.07, 6.45) is 0. The van der Waals surface area contributed by atoms with Crippen LogP contribution < -0.4 is 15.4 Å². The van der Waals surface area contributed by atoms with Crippen LogP contribution in [0, 0.1) is 5.92 Å². The fourth-order valence-corrected chi connectivity index (χ4v) is 1.64. The largest absolute Gasteiger partial charge is 0.486 e. The first-order chi connectivity index (χ1) is 8.83. The fraction of sp³-hybridized carbons (Fsp3) is 0.533.